The van der Waals surface area contributed by atoms with Crippen LogP contribution in [0.25, 0.3) is 0 Å². The van der Waals surface area contributed by atoms with Crippen molar-refractivity contribution >= 4 is 17.1 Å². The predicted molar refractivity (Wildman–Crippen MR) is 102 cm³/mol. The first-order chi connectivity index (χ1) is 12.1. The van der Waals surface area contributed by atoms with Crippen LogP contribution in [0.15, 0.2) is 29.6 Å². The number of para-hydroxylation sites is 1. The van der Waals surface area contributed by atoms with Crippen molar-refractivity contribution in [2.75, 3.05) is 20.2 Å². The van der Waals surface area contributed by atoms with Crippen LogP contribution < -0.4 is 4.74 Å². The van der Waals surface area contributed by atoms with Crippen LogP contribution in [-0.2, 0) is 6.54 Å². The van der Waals surface area contributed by atoms with E-state index in [1.54, 1.807) is 18.4 Å². The fourth-order valence-corrected chi connectivity index (χ4v) is 4.33. The minimum Gasteiger partial charge on any atom is -0.496 e. The van der Waals surface area contributed by atoms with E-state index in [0.29, 0.717) is 17.2 Å². The van der Waals surface area contributed by atoms with Crippen LogP contribution in [0.2, 0.25) is 0 Å². The number of ether oxygens (including phenoxy) is 1. The lowest BCUT2D eigenvalue weighted by Gasteiger charge is -2.31. The Balaban J connectivity index is 1.67. The van der Waals surface area contributed by atoms with Crippen LogP contribution in [0, 0.1) is 5.92 Å². The molecule has 1 aliphatic heterocycles. The third-order valence-corrected chi connectivity index (χ3v) is 5.62. The molecule has 0 N–H and O–H groups in total. The molecule has 1 aliphatic rings. The van der Waals surface area contributed by atoms with E-state index >= 15 is 0 Å². The lowest BCUT2D eigenvalue weighted by molar-refractivity contribution is 0.0808. The van der Waals surface area contributed by atoms with Gasteiger partial charge in [-0.3, -0.25) is 9.69 Å². The van der Waals surface area contributed by atoms with Crippen LogP contribution >= 0.6 is 11.3 Å². The van der Waals surface area contributed by atoms with Gasteiger partial charge in [0.1, 0.15) is 10.8 Å². The number of rotatable bonds is 6. The number of benzene rings is 1. The van der Waals surface area contributed by atoms with Crippen molar-refractivity contribution in [3.05, 3.63) is 45.9 Å². The summed E-state index contributed by atoms with van der Waals surface area (Å²) in [5.41, 5.74) is 1.87. The number of carbonyl (C=O) groups excluding carboxylic acids is 1. The van der Waals surface area contributed by atoms with Crippen molar-refractivity contribution in [1.29, 1.82) is 0 Å². The summed E-state index contributed by atoms with van der Waals surface area (Å²) < 4.78 is 5.36. The molecule has 0 radical (unpaired) electrons. The minimum absolute atomic E-state index is 0.0366. The molecule has 3 rings (SSSR count). The van der Waals surface area contributed by atoms with E-state index in [2.05, 4.69) is 24.1 Å². The maximum Gasteiger partial charge on any atom is 0.170 e. The van der Waals surface area contributed by atoms with Crippen molar-refractivity contribution in [1.82, 2.24) is 9.88 Å². The van der Waals surface area contributed by atoms with E-state index < -0.39 is 0 Å². The molecule has 0 bridgehead atoms. The highest BCUT2D eigenvalue weighted by Crippen LogP contribution is 2.27. The average Bonchev–Trinajstić information content (AvgIpc) is 3.10. The molecule has 0 saturated carbocycles. The SMILES string of the molecule is COc1ccccc1C(=O)[C@@H]1CCCN(Cc2nc(C(C)C)cs2)C1. The summed E-state index contributed by atoms with van der Waals surface area (Å²) >= 11 is 1.73. The first kappa shape index (κ1) is 18.1. The van der Waals surface area contributed by atoms with Gasteiger partial charge in [0.2, 0.25) is 0 Å². The van der Waals surface area contributed by atoms with Crippen molar-refractivity contribution < 1.29 is 9.53 Å². The molecule has 134 valence electrons. The van der Waals surface area contributed by atoms with Gasteiger partial charge in [-0.15, -0.1) is 11.3 Å². The van der Waals surface area contributed by atoms with Crippen LogP contribution in [0.5, 0.6) is 5.75 Å². The number of nitrogens with zero attached hydrogens (tertiary/aromatic N) is 2. The van der Waals surface area contributed by atoms with Gasteiger partial charge in [-0.2, -0.15) is 0 Å². The second-order valence-electron chi connectivity index (χ2n) is 6.96. The Labute approximate surface area is 153 Å². The first-order valence-corrected chi connectivity index (χ1v) is 9.80. The largest absolute Gasteiger partial charge is 0.496 e. The molecule has 2 heterocycles. The fraction of sp³-hybridized carbons (Fsp3) is 0.500. The molecule has 0 amide bonds. The number of thiazole rings is 1. The Kier molecular flexibility index (Phi) is 5.86. The quantitative estimate of drug-likeness (QED) is 0.719. The number of hydrogen-bond acceptors (Lipinski definition) is 5. The van der Waals surface area contributed by atoms with Gasteiger partial charge in [0.15, 0.2) is 5.78 Å². The maximum atomic E-state index is 13.0. The van der Waals surface area contributed by atoms with Crippen LogP contribution in [0.3, 0.4) is 0 Å². The molecule has 4 nitrogen and oxygen atoms in total. The third-order valence-electron chi connectivity index (χ3n) is 4.77. The van der Waals surface area contributed by atoms with E-state index in [9.17, 15) is 4.79 Å². The number of likely N-dealkylation sites (tertiary alicyclic amines) is 1. The highest BCUT2D eigenvalue weighted by atomic mass is 32.1. The number of piperidine rings is 1. The first-order valence-electron chi connectivity index (χ1n) is 8.92. The molecule has 0 spiro atoms. The van der Waals surface area contributed by atoms with E-state index in [1.165, 1.54) is 5.69 Å². The van der Waals surface area contributed by atoms with Gasteiger partial charge in [0, 0.05) is 17.8 Å². The van der Waals surface area contributed by atoms with E-state index in [1.807, 2.05) is 24.3 Å². The predicted octanol–water partition coefficient (Wildman–Crippen LogP) is 4.37. The van der Waals surface area contributed by atoms with E-state index in [0.717, 1.165) is 37.5 Å². The molecule has 0 aliphatic carbocycles. The van der Waals surface area contributed by atoms with Crippen LogP contribution in [0.4, 0.5) is 0 Å². The summed E-state index contributed by atoms with van der Waals surface area (Å²) in [7, 11) is 1.62. The van der Waals surface area contributed by atoms with Gasteiger partial charge >= 0.3 is 0 Å². The van der Waals surface area contributed by atoms with E-state index in [4.69, 9.17) is 9.72 Å². The molecule has 1 atom stereocenters. The number of hydrogen-bond donors (Lipinski definition) is 0. The van der Waals surface area contributed by atoms with E-state index in [-0.39, 0.29) is 11.7 Å². The molecule has 1 saturated heterocycles. The second kappa shape index (κ2) is 8.11. The van der Waals surface area contributed by atoms with Crippen LogP contribution in [0.1, 0.15) is 53.7 Å². The fourth-order valence-electron chi connectivity index (χ4n) is 3.34. The Morgan fingerprint density at radius 3 is 2.92 bits per heavy atom. The zero-order valence-corrected chi connectivity index (χ0v) is 16.0. The summed E-state index contributed by atoms with van der Waals surface area (Å²) in [6.45, 7) is 7.01. The van der Waals surface area contributed by atoms with Crippen molar-refractivity contribution in [2.24, 2.45) is 5.92 Å². The van der Waals surface area contributed by atoms with Crippen molar-refractivity contribution in [3.8, 4) is 5.75 Å². The lowest BCUT2D eigenvalue weighted by Crippen LogP contribution is -2.38. The van der Waals surface area contributed by atoms with Gasteiger partial charge in [0.25, 0.3) is 0 Å². The maximum absolute atomic E-state index is 13.0. The zero-order chi connectivity index (χ0) is 17.8. The number of Topliss-reactive ketones (excluding diaryl/α,β-unsaturated/α-hetero) is 1. The van der Waals surface area contributed by atoms with Gasteiger partial charge in [-0.25, -0.2) is 4.98 Å². The minimum atomic E-state index is 0.0366. The lowest BCUT2D eigenvalue weighted by atomic mass is 9.89. The number of carbonyl (C=O) groups is 1. The smallest absolute Gasteiger partial charge is 0.170 e. The molecule has 1 aromatic carbocycles. The summed E-state index contributed by atoms with van der Waals surface area (Å²) in [4.78, 5) is 20.0. The number of ketones is 1. The summed E-state index contributed by atoms with van der Waals surface area (Å²) in [5, 5.41) is 3.30. The topological polar surface area (TPSA) is 42.4 Å². The highest BCUT2D eigenvalue weighted by Gasteiger charge is 2.28. The Morgan fingerprint density at radius 2 is 2.20 bits per heavy atom. The molecular formula is C20H26N2O2S. The Bertz CT molecular complexity index is 726. The van der Waals surface area contributed by atoms with Gasteiger partial charge < -0.3 is 4.74 Å². The molecular weight excluding hydrogens is 332 g/mol. The normalized spacial score (nSPS) is 18.5. The van der Waals surface area contributed by atoms with Crippen molar-refractivity contribution in [2.45, 2.75) is 39.2 Å². The summed E-state index contributed by atoms with van der Waals surface area (Å²) in [6, 6.07) is 7.53. The third kappa shape index (κ3) is 4.28. The zero-order valence-electron chi connectivity index (χ0n) is 15.2. The molecule has 25 heavy (non-hydrogen) atoms. The summed E-state index contributed by atoms with van der Waals surface area (Å²) in [6.07, 6.45) is 2.00. The second-order valence-corrected chi connectivity index (χ2v) is 7.90. The molecule has 5 heteroatoms. The number of methoxy groups -OCH3 is 1. The highest BCUT2D eigenvalue weighted by molar-refractivity contribution is 7.09. The Hall–Kier alpha value is -1.72. The van der Waals surface area contributed by atoms with Gasteiger partial charge in [-0.1, -0.05) is 26.0 Å². The van der Waals surface area contributed by atoms with Gasteiger partial charge in [0.05, 0.1) is 24.9 Å². The standard InChI is InChI=1S/C20H26N2O2S/c1-14(2)17-13-25-19(21-17)12-22-10-6-7-15(11-22)20(23)16-8-4-5-9-18(16)24-3/h4-5,8-9,13-15H,6-7,10-12H2,1-3H3/t15-/m1/s1. The monoisotopic (exact) mass is 358 g/mol. The molecule has 2 aromatic rings. The number of aromatic nitrogens is 1. The average molecular weight is 359 g/mol. The van der Waals surface area contributed by atoms with Crippen LogP contribution in [-0.4, -0.2) is 35.9 Å². The molecule has 1 fully saturated rings. The molecule has 0 unspecified atom stereocenters. The summed E-state index contributed by atoms with van der Waals surface area (Å²) in [5.74, 6) is 1.37. The molecule has 1 aromatic heterocycles. The Morgan fingerprint density at radius 1 is 1.40 bits per heavy atom. The van der Waals surface area contributed by atoms with Crippen molar-refractivity contribution in [3.63, 3.8) is 0 Å². The van der Waals surface area contributed by atoms with Gasteiger partial charge in [-0.05, 0) is 37.4 Å².